The highest BCUT2D eigenvalue weighted by atomic mass is 35.5. The number of fused-ring (bicyclic) bond motifs is 3. The molecule has 1 N–H and O–H groups in total. The third-order valence-electron chi connectivity index (χ3n) is 10.7. The molecular weight excluding hydrogens is 734 g/mol. The summed E-state index contributed by atoms with van der Waals surface area (Å²) in [6, 6.07) is 20.7. The van der Waals surface area contributed by atoms with Gasteiger partial charge in [0.25, 0.3) is 5.91 Å². The molecule has 0 bridgehead atoms. The average molecular weight is 790 g/mol. The molecule has 6 atom stereocenters. The Hall–Kier alpha value is -4.12. The number of amides is 2. The molecule has 1 spiro atoms. The lowest BCUT2D eigenvalue weighted by Crippen LogP contribution is -2.47. The number of ether oxygens (including phenoxy) is 3. The number of nitrogens with zero attached hydrogens (tertiary/aromatic N) is 2. The first-order valence-corrected chi connectivity index (χ1v) is 21.4. The third-order valence-corrected chi connectivity index (χ3v) is 12.9. The van der Waals surface area contributed by atoms with Crippen LogP contribution in [0.5, 0.6) is 5.75 Å². The van der Waals surface area contributed by atoms with Gasteiger partial charge in [0.15, 0.2) is 0 Å². The molecule has 11 heteroatoms. The number of benzene rings is 3. The highest BCUT2D eigenvalue weighted by Gasteiger charge is 2.42. The van der Waals surface area contributed by atoms with Crippen LogP contribution in [-0.2, 0) is 31.2 Å². The zero-order valence-electron chi connectivity index (χ0n) is 32.6. The van der Waals surface area contributed by atoms with Gasteiger partial charge >= 0.3 is 6.09 Å². The molecule has 0 saturated heterocycles. The molecule has 1 heterocycles. The SMILES string of the molecule is C=CC[C@H](C)CS(=O)(=NC(=O)c1ccc2c(c1)N(C[C@H](CCC)C[C@H](C=C)OC)C[C@@]1(CCCc3cc(Cl)ccc31)CO2)NC(=O)O[C@@H](C)c1ccccc1. The molecule has 9 nitrogen and oxygen atoms in total. The van der Waals surface area contributed by atoms with E-state index >= 15 is 0 Å². The van der Waals surface area contributed by atoms with Crippen LogP contribution in [0.25, 0.3) is 0 Å². The van der Waals surface area contributed by atoms with Crippen LogP contribution >= 0.6 is 11.6 Å². The Morgan fingerprint density at radius 2 is 1.91 bits per heavy atom. The number of allylic oxidation sites excluding steroid dienone is 1. The summed E-state index contributed by atoms with van der Waals surface area (Å²) in [6.45, 7) is 15.4. The number of aryl methyl sites for hydroxylation is 1. The van der Waals surface area contributed by atoms with Crippen molar-refractivity contribution in [2.75, 3.05) is 37.5 Å². The van der Waals surface area contributed by atoms with Gasteiger partial charge in [0.1, 0.15) is 21.8 Å². The first kappa shape index (κ1) is 42.0. The third kappa shape index (κ3) is 10.8. The highest BCUT2D eigenvalue weighted by molar-refractivity contribution is 7.92. The minimum atomic E-state index is -3.61. The van der Waals surface area contributed by atoms with Crippen LogP contribution in [0.4, 0.5) is 10.5 Å². The fraction of sp³-hybridized carbons (Fsp3) is 0.455. The van der Waals surface area contributed by atoms with Crippen molar-refractivity contribution in [2.24, 2.45) is 16.2 Å². The van der Waals surface area contributed by atoms with E-state index in [1.807, 2.05) is 49.4 Å². The van der Waals surface area contributed by atoms with E-state index in [0.29, 0.717) is 31.9 Å². The zero-order chi connectivity index (χ0) is 39.6. The first-order valence-electron chi connectivity index (χ1n) is 19.3. The van der Waals surface area contributed by atoms with Gasteiger partial charge in [-0.15, -0.1) is 17.5 Å². The molecule has 3 aromatic rings. The summed E-state index contributed by atoms with van der Waals surface area (Å²) >= 11 is 6.47. The lowest BCUT2D eigenvalue weighted by molar-refractivity contribution is 0.100. The molecular formula is C44H56ClN3O6S. The maximum absolute atomic E-state index is 14.4. The quantitative estimate of drug-likeness (QED) is 0.144. The van der Waals surface area contributed by atoms with Gasteiger partial charge in [0, 0.05) is 36.2 Å². The van der Waals surface area contributed by atoms with Crippen molar-refractivity contribution in [2.45, 2.75) is 83.3 Å². The molecule has 1 aliphatic heterocycles. The maximum atomic E-state index is 14.4. The number of halogens is 1. The smallest absolute Gasteiger partial charge is 0.420 e. The molecule has 296 valence electrons. The van der Waals surface area contributed by atoms with Crippen molar-refractivity contribution < 1.29 is 28.0 Å². The largest absolute Gasteiger partial charge is 0.490 e. The molecule has 2 aliphatic rings. The number of hydrogen-bond acceptors (Lipinski definition) is 7. The second-order valence-electron chi connectivity index (χ2n) is 15.1. The number of carbonyl (C=O) groups is 2. The number of rotatable bonds is 16. The highest BCUT2D eigenvalue weighted by Crippen LogP contribution is 2.45. The number of methoxy groups -OCH3 is 1. The van der Waals surface area contributed by atoms with Crippen molar-refractivity contribution in [3.63, 3.8) is 0 Å². The van der Waals surface area contributed by atoms with Crippen molar-refractivity contribution in [1.29, 1.82) is 0 Å². The van der Waals surface area contributed by atoms with Crippen molar-refractivity contribution in [3.8, 4) is 5.75 Å². The van der Waals surface area contributed by atoms with Crippen LogP contribution in [0.15, 0.2) is 96.4 Å². The van der Waals surface area contributed by atoms with Gasteiger partial charge in [-0.25, -0.2) is 13.7 Å². The number of hydrogen-bond donors (Lipinski definition) is 1. The van der Waals surface area contributed by atoms with E-state index in [-0.39, 0.29) is 34.7 Å². The Morgan fingerprint density at radius 3 is 2.62 bits per heavy atom. The van der Waals surface area contributed by atoms with E-state index in [0.717, 1.165) is 54.8 Å². The van der Waals surface area contributed by atoms with E-state index in [2.05, 4.69) is 46.2 Å². The lowest BCUT2D eigenvalue weighted by atomic mass is 9.70. The maximum Gasteiger partial charge on any atom is 0.420 e. The second kappa shape index (κ2) is 19.2. The fourth-order valence-corrected chi connectivity index (χ4v) is 9.99. The average Bonchev–Trinajstić information content (AvgIpc) is 3.30. The second-order valence-corrected chi connectivity index (χ2v) is 17.5. The summed E-state index contributed by atoms with van der Waals surface area (Å²) in [5.41, 5.74) is 3.96. The fourth-order valence-electron chi connectivity index (χ4n) is 8.00. The first-order chi connectivity index (χ1) is 26.4. The van der Waals surface area contributed by atoms with E-state index in [1.54, 1.807) is 38.3 Å². The van der Waals surface area contributed by atoms with E-state index in [1.165, 1.54) is 11.1 Å². The summed E-state index contributed by atoms with van der Waals surface area (Å²) in [6.07, 6.45) is 8.13. The van der Waals surface area contributed by atoms with Gasteiger partial charge in [0.2, 0.25) is 0 Å². The van der Waals surface area contributed by atoms with Crippen LogP contribution in [0.2, 0.25) is 5.02 Å². The lowest BCUT2D eigenvalue weighted by Gasteiger charge is -2.41. The predicted molar refractivity (Wildman–Crippen MR) is 222 cm³/mol. The van der Waals surface area contributed by atoms with Gasteiger partial charge in [-0.2, -0.15) is 0 Å². The molecule has 0 saturated carbocycles. The molecule has 5 rings (SSSR count). The molecule has 3 aromatic carbocycles. The van der Waals surface area contributed by atoms with Gasteiger partial charge in [-0.1, -0.05) is 80.4 Å². The Morgan fingerprint density at radius 1 is 1.13 bits per heavy atom. The number of nitrogens with one attached hydrogen (secondary N) is 1. The number of anilines is 1. The monoisotopic (exact) mass is 789 g/mol. The van der Waals surface area contributed by atoms with Gasteiger partial charge in [-0.3, -0.25) is 4.79 Å². The van der Waals surface area contributed by atoms with Crippen molar-refractivity contribution in [3.05, 3.63) is 119 Å². The van der Waals surface area contributed by atoms with E-state index in [4.69, 9.17) is 25.8 Å². The van der Waals surface area contributed by atoms with Crippen LogP contribution in [0, 0.1) is 11.8 Å². The summed E-state index contributed by atoms with van der Waals surface area (Å²) in [5.74, 6) is -0.0342. The van der Waals surface area contributed by atoms with Crippen LogP contribution in [0.1, 0.15) is 92.4 Å². The van der Waals surface area contributed by atoms with E-state index in [9.17, 15) is 13.8 Å². The van der Waals surface area contributed by atoms with Crippen molar-refractivity contribution >= 4 is 39.2 Å². The molecule has 2 amide bonds. The zero-order valence-corrected chi connectivity index (χ0v) is 34.2. The van der Waals surface area contributed by atoms with Crippen LogP contribution < -0.4 is 14.4 Å². The topological polar surface area (TPSA) is 107 Å². The Bertz CT molecular complexity index is 1950. The minimum Gasteiger partial charge on any atom is -0.490 e. The molecule has 1 unspecified atom stereocenters. The van der Waals surface area contributed by atoms with Crippen molar-refractivity contribution in [1.82, 2.24) is 4.72 Å². The molecule has 1 aliphatic carbocycles. The summed E-state index contributed by atoms with van der Waals surface area (Å²) in [7, 11) is -1.90. The van der Waals surface area contributed by atoms with Crippen LogP contribution in [-0.4, -0.2) is 54.9 Å². The Labute approximate surface area is 332 Å². The number of carbonyl (C=O) groups excluding carboxylic acids is 2. The Balaban J connectivity index is 1.52. The molecule has 0 radical (unpaired) electrons. The summed E-state index contributed by atoms with van der Waals surface area (Å²) in [5, 5.41) is 0.722. The molecule has 0 aromatic heterocycles. The van der Waals surface area contributed by atoms with Gasteiger partial charge < -0.3 is 19.1 Å². The minimum absolute atomic E-state index is 0.0611. The standard InChI is InChI=1S/C44H56ClN3O6S/c1-7-14-31(4)28-55(51,47-43(50)54-32(5)34-16-11-10-12-17-34)46-42(49)36-19-22-41-40(26-36)48(27-33(15-8-2)24-38(9-3)52-6)29-44(30-53-41)23-13-18-35-25-37(45)20-21-39(35)44/h7,9-12,16-17,19-22,25-26,31-33,38H,1,3,8,13-15,18,23-24,27-30H2,2,4-6H3,(H,46,47,49,50,51)/t31-,32-,33+,38-,44-,55?/m0/s1. The molecule has 0 fully saturated rings. The van der Waals surface area contributed by atoms with Crippen LogP contribution in [0.3, 0.4) is 0 Å². The van der Waals surface area contributed by atoms with E-state index < -0.39 is 28.0 Å². The Kier molecular flexibility index (Phi) is 14.6. The van der Waals surface area contributed by atoms with Gasteiger partial charge in [0.05, 0.1) is 24.2 Å². The van der Waals surface area contributed by atoms with Gasteiger partial charge in [-0.05, 0) is 104 Å². The summed E-state index contributed by atoms with van der Waals surface area (Å²) in [4.78, 5) is 29.6. The summed E-state index contributed by atoms with van der Waals surface area (Å²) < 4.78 is 39.1. The predicted octanol–water partition coefficient (Wildman–Crippen LogP) is 10.0. The molecule has 55 heavy (non-hydrogen) atoms. The normalized spacial score (nSPS) is 19.5.